The van der Waals surface area contributed by atoms with Gasteiger partial charge in [-0.25, -0.2) is 0 Å². The molecule has 0 aromatic carbocycles. The van der Waals surface area contributed by atoms with E-state index in [1.165, 1.54) is 12.8 Å². The summed E-state index contributed by atoms with van der Waals surface area (Å²) in [5.41, 5.74) is 2.22. The Bertz CT molecular complexity index is 324. The van der Waals surface area contributed by atoms with Crippen molar-refractivity contribution < 1.29 is 0 Å². The molecule has 0 aliphatic rings. The number of pyridine rings is 1. The van der Waals surface area contributed by atoms with Gasteiger partial charge in [0.05, 0.1) is 5.69 Å². The van der Waals surface area contributed by atoms with Crippen LogP contribution in [0.3, 0.4) is 0 Å². The van der Waals surface area contributed by atoms with E-state index in [0.717, 1.165) is 24.5 Å². The quantitative estimate of drug-likeness (QED) is 0.691. The first-order valence-electron chi connectivity index (χ1n) is 6.43. The summed E-state index contributed by atoms with van der Waals surface area (Å²) >= 11 is 5.89. The lowest BCUT2D eigenvalue weighted by Crippen LogP contribution is -2.35. The summed E-state index contributed by atoms with van der Waals surface area (Å²) in [6.45, 7) is 8.34. The number of rotatable bonds is 7. The SMILES string of the molecule is CCC(CC)N(CCCl)Cc1cccc(C)n1. The number of hydrogen-bond acceptors (Lipinski definition) is 2. The number of hydrogen-bond donors (Lipinski definition) is 0. The molecule has 0 fully saturated rings. The van der Waals surface area contributed by atoms with E-state index in [4.69, 9.17) is 11.6 Å². The van der Waals surface area contributed by atoms with Crippen LogP contribution in [0.4, 0.5) is 0 Å². The molecule has 0 atom stereocenters. The van der Waals surface area contributed by atoms with Crippen molar-refractivity contribution in [2.24, 2.45) is 0 Å². The summed E-state index contributed by atoms with van der Waals surface area (Å²) in [6.07, 6.45) is 2.33. The standard InChI is InChI=1S/C14H23ClN2/c1-4-14(5-2)17(10-9-15)11-13-8-6-7-12(3)16-13/h6-8,14H,4-5,9-11H2,1-3H3. The van der Waals surface area contributed by atoms with Crippen LogP contribution in [0.1, 0.15) is 38.1 Å². The molecule has 0 N–H and O–H groups in total. The molecule has 0 spiro atoms. The van der Waals surface area contributed by atoms with Crippen molar-refractivity contribution in [2.45, 2.75) is 46.2 Å². The number of nitrogens with zero attached hydrogens (tertiary/aromatic N) is 2. The second-order valence-electron chi connectivity index (χ2n) is 4.40. The van der Waals surface area contributed by atoms with Crippen LogP contribution in [-0.4, -0.2) is 28.4 Å². The van der Waals surface area contributed by atoms with Gasteiger partial charge in [-0.05, 0) is 31.9 Å². The maximum atomic E-state index is 5.89. The van der Waals surface area contributed by atoms with Gasteiger partial charge in [0.15, 0.2) is 0 Å². The van der Waals surface area contributed by atoms with Crippen LogP contribution in [0, 0.1) is 6.92 Å². The van der Waals surface area contributed by atoms with E-state index in [0.29, 0.717) is 11.9 Å². The normalized spacial score (nSPS) is 11.4. The van der Waals surface area contributed by atoms with Crippen molar-refractivity contribution in [1.82, 2.24) is 9.88 Å². The highest BCUT2D eigenvalue weighted by Gasteiger charge is 2.15. The average Bonchev–Trinajstić information content (AvgIpc) is 2.31. The van der Waals surface area contributed by atoms with E-state index in [1.54, 1.807) is 0 Å². The molecule has 0 radical (unpaired) electrons. The maximum absolute atomic E-state index is 5.89. The topological polar surface area (TPSA) is 16.1 Å². The van der Waals surface area contributed by atoms with Crippen molar-refractivity contribution >= 4 is 11.6 Å². The minimum atomic E-state index is 0.607. The summed E-state index contributed by atoms with van der Waals surface area (Å²) in [4.78, 5) is 7.00. The smallest absolute Gasteiger partial charge is 0.0547 e. The molecular formula is C14H23ClN2. The first kappa shape index (κ1) is 14.5. The highest BCUT2D eigenvalue weighted by atomic mass is 35.5. The predicted octanol–water partition coefficient (Wildman–Crippen LogP) is 3.62. The molecule has 1 heterocycles. The number of aromatic nitrogens is 1. The van der Waals surface area contributed by atoms with Gasteiger partial charge in [0.1, 0.15) is 0 Å². The van der Waals surface area contributed by atoms with Crippen LogP contribution >= 0.6 is 11.6 Å². The molecule has 0 amide bonds. The van der Waals surface area contributed by atoms with Crippen LogP contribution < -0.4 is 0 Å². The summed E-state index contributed by atoms with van der Waals surface area (Å²) in [5, 5.41) is 0. The fourth-order valence-corrected chi connectivity index (χ4v) is 2.42. The maximum Gasteiger partial charge on any atom is 0.0547 e. The third-order valence-corrected chi connectivity index (χ3v) is 3.31. The van der Waals surface area contributed by atoms with Crippen LogP contribution in [0.25, 0.3) is 0 Å². The van der Waals surface area contributed by atoms with Crippen molar-refractivity contribution in [3.05, 3.63) is 29.6 Å². The molecule has 96 valence electrons. The Morgan fingerprint density at radius 1 is 1.29 bits per heavy atom. The molecule has 3 heteroatoms. The summed E-state index contributed by atoms with van der Waals surface area (Å²) in [6, 6.07) is 6.81. The first-order valence-corrected chi connectivity index (χ1v) is 6.97. The molecule has 0 aliphatic heterocycles. The van der Waals surface area contributed by atoms with Gasteiger partial charge >= 0.3 is 0 Å². The molecule has 1 aromatic heterocycles. The molecule has 0 aliphatic carbocycles. The Balaban J connectivity index is 2.71. The Morgan fingerprint density at radius 2 is 2.00 bits per heavy atom. The predicted molar refractivity (Wildman–Crippen MR) is 74.5 cm³/mol. The largest absolute Gasteiger partial charge is 0.293 e. The van der Waals surface area contributed by atoms with Gasteiger partial charge in [-0.1, -0.05) is 19.9 Å². The summed E-state index contributed by atoms with van der Waals surface area (Å²) < 4.78 is 0. The lowest BCUT2D eigenvalue weighted by molar-refractivity contribution is 0.186. The fourth-order valence-electron chi connectivity index (χ4n) is 2.20. The summed E-state index contributed by atoms with van der Waals surface area (Å²) in [7, 11) is 0. The zero-order valence-corrected chi connectivity index (χ0v) is 11.9. The zero-order chi connectivity index (χ0) is 12.7. The highest BCUT2D eigenvalue weighted by molar-refractivity contribution is 6.18. The van der Waals surface area contributed by atoms with Gasteiger partial charge in [0.2, 0.25) is 0 Å². The van der Waals surface area contributed by atoms with Crippen LogP contribution in [-0.2, 0) is 6.54 Å². The molecule has 2 nitrogen and oxygen atoms in total. The van der Waals surface area contributed by atoms with E-state index in [2.05, 4.69) is 35.9 Å². The zero-order valence-electron chi connectivity index (χ0n) is 11.1. The van der Waals surface area contributed by atoms with Gasteiger partial charge in [-0.2, -0.15) is 0 Å². The lowest BCUT2D eigenvalue weighted by Gasteiger charge is -2.29. The van der Waals surface area contributed by atoms with Gasteiger partial charge in [-0.3, -0.25) is 9.88 Å². The van der Waals surface area contributed by atoms with Gasteiger partial charge < -0.3 is 0 Å². The monoisotopic (exact) mass is 254 g/mol. The molecule has 0 saturated heterocycles. The van der Waals surface area contributed by atoms with Crippen molar-refractivity contribution in [1.29, 1.82) is 0 Å². The van der Waals surface area contributed by atoms with Crippen molar-refractivity contribution in [3.8, 4) is 0 Å². The number of aryl methyl sites for hydroxylation is 1. The second-order valence-corrected chi connectivity index (χ2v) is 4.78. The van der Waals surface area contributed by atoms with E-state index in [9.17, 15) is 0 Å². The second kappa shape index (κ2) is 7.67. The van der Waals surface area contributed by atoms with E-state index in [1.807, 2.05) is 13.0 Å². The van der Waals surface area contributed by atoms with Gasteiger partial charge in [-0.15, -0.1) is 11.6 Å². The van der Waals surface area contributed by atoms with Gasteiger partial charge in [0, 0.05) is 30.7 Å². The molecule has 0 bridgehead atoms. The van der Waals surface area contributed by atoms with E-state index >= 15 is 0 Å². The van der Waals surface area contributed by atoms with Crippen molar-refractivity contribution in [2.75, 3.05) is 12.4 Å². The van der Waals surface area contributed by atoms with E-state index < -0.39 is 0 Å². The number of halogens is 1. The third kappa shape index (κ3) is 4.64. The molecule has 17 heavy (non-hydrogen) atoms. The third-order valence-electron chi connectivity index (χ3n) is 3.14. The Hall–Kier alpha value is -0.600. The molecule has 1 rings (SSSR count). The minimum Gasteiger partial charge on any atom is -0.293 e. The average molecular weight is 255 g/mol. The number of alkyl halides is 1. The van der Waals surface area contributed by atoms with Gasteiger partial charge in [0.25, 0.3) is 0 Å². The molecular weight excluding hydrogens is 232 g/mol. The van der Waals surface area contributed by atoms with Crippen LogP contribution in [0.15, 0.2) is 18.2 Å². The van der Waals surface area contributed by atoms with E-state index in [-0.39, 0.29) is 0 Å². The molecule has 0 unspecified atom stereocenters. The molecule has 0 saturated carbocycles. The first-order chi connectivity index (χ1) is 8.21. The Labute approximate surface area is 110 Å². The fraction of sp³-hybridized carbons (Fsp3) is 0.643. The Morgan fingerprint density at radius 3 is 2.53 bits per heavy atom. The lowest BCUT2D eigenvalue weighted by atomic mass is 10.1. The summed E-state index contributed by atoms with van der Waals surface area (Å²) in [5.74, 6) is 0.683. The van der Waals surface area contributed by atoms with Crippen LogP contribution in [0.5, 0.6) is 0 Å². The highest BCUT2D eigenvalue weighted by Crippen LogP contribution is 2.12. The Kier molecular flexibility index (Phi) is 6.53. The van der Waals surface area contributed by atoms with Crippen LogP contribution in [0.2, 0.25) is 0 Å². The minimum absolute atomic E-state index is 0.607. The molecule has 1 aromatic rings. The van der Waals surface area contributed by atoms with Crippen molar-refractivity contribution in [3.63, 3.8) is 0 Å².